The van der Waals surface area contributed by atoms with Crippen LogP contribution >= 0.6 is 0 Å². The zero-order valence-electron chi connectivity index (χ0n) is 12.0. The van der Waals surface area contributed by atoms with Crippen LogP contribution in [0, 0.1) is 5.92 Å². The molecule has 19 heavy (non-hydrogen) atoms. The summed E-state index contributed by atoms with van der Waals surface area (Å²) in [5.41, 5.74) is 7.54. The molecule has 0 amide bonds. The van der Waals surface area contributed by atoms with Gasteiger partial charge < -0.3 is 10.5 Å². The molecule has 0 bridgehead atoms. The molecule has 102 valence electrons. The first-order valence-electron chi connectivity index (χ1n) is 6.99. The number of nitrogens with two attached hydrogens (primary N) is 1. The molecule has 0 saturated carbocycles. The van der Waals surface area contributed by atoms with Crippen molar-refractivity contribution in [2.45, 2.75) is 32.9 Å². The SMILES string of the molecule is CCOC(C(C)C)C(N)c1ccc2ccccc2c1. The summed E-state index contributed by atoms with van der Waals surface area (Å²) in [5, 5.41) is 2.48. The molecule has 0 radical (unpaired) electrons. The van der Waals surface area contributed by atoms with Crippen LogP contribution in [-0.4, -0.2) is 12.7 Å². The molecular weight excluding hydrogens is 234 g/mol. The van der Waals surface area contributed by atoms with Gasteiger partial charge >= 0.3 is 0 Å². The fourth-order valence-corrected chi connectivity index (χ4v) is 2.51. The predicted molar refractivity (Wildman–Crippen MR) is 81.1 cm³/mol. The number of fused-ring (bicyclic) bond motifs is 1. The molecule has 2 rings (SSSR count). The smallest absolute Gasteiger partial charge is 0.0790 e. The van der Waals surface area contributed by atoms with Gasteiger partial charge in [-0.3, -0.25) is 0 Å². The Labute approximate surface area is 115 Å². The van der Waals surface area contributed by atoms with Gasteiger partial charge in [-0.15, -0.1) is 0 Å². The summed E-state index contributed by atoms with van der Waals surface area (Å²) >= 11 is 0. The number of ether oxygens (including phenoxy) is 1. The molecule has 0 aliphatic carbocycles. The summed E-state index contributed by atoms with van der Waals surface area (Å²) in [6, 6.07) is 14.7. The van der Waals surface area contributed by atoms with Gasteiger partial charge in [-0.2, -0.15) is 0 Å². The van der Waals surface area contributed by atoms with Crippen LogP contribution in [0.3, 0.4) is 0 Å². The lowest BCUT2D eigenvalue weighted by molar-refractivity contribution is 0.0122. The van der Waals surface area contributed by atoms with Crippen LogP contribution in [-0.2, 0) is 4.74 Å². The standard InChI is InChI=1S/C17H23NO/c1-4-19-17(12(2)3)16(18)15-10-9-13-7-5-6-8-14(13)11-15/h5-12,16-17H,4,18H2,1-3H3. The summed E-state index contributed by atoms with van der Waals surface area (Å²) in [7, 11) is 0. The lowest BCUT2D eigenvalue weighted by Gasteiger charge is -2.27. The van der Waals surface area contributed by atoms with Crippen LogP contribution in [0.25, 0.3) is 10.8 Å². The second-order valence-electron chi connectivity index (χ2n) is 5.30. The van der Waals surface area contributed by atoms with E-state index < -0.39 is 0 Å². The van der Waals surface area contributed by atoms with Gasteiger partial charge in [-0.05, 0) is 35.2 Å². The fraction of sp³-hybridized carbons (Fsp3) is 0.412. The molecule has 0 aliphatic heterocycles. The van der Waals surface area contributed by atoms with Gasteiger partial charge in [0, 0.05) is 6.61 Å². The van der Waals surface area contributed by atoms with E-state index in [9.17, 15) is 0 Å². The Balaban J connectivity index is 2.31. The Morgan fingerprint density at radius 2 is 1.74 bits per heavy atom. The lowest BCUT2D eigenvalue weighted by atomic mass is 9.93. The molecule has 2 aromatic rings. The van der Waals surface area contributed by atoms with Crippen LogP contribution < -0.4 is 5.73 Å². The van der Waals surface area contributed by atoms with Crippen molar-refractivity contribution in [3.05, 3.63) is 48.0 Å². The lowest BCUT2D eigenvalue weighted by Crippen LogP contribution is -2.33. The zero-order valence-corrected chi connectivity index (χ0v) is 12.0. The Bertz CT molecular complexity index is 536. The van der Waals surface area contributed by atoms with Crippen LogP contribution in [0.1, 0.15) is 32.4 Å². The Kier molecular flexibility index (Phi) is 4.56. The first-order chi connectivity index (χ1) is 9.13. The van der Waals surface area contributed by atoms with E-state index in [2.05, 4.69) is 56.3 Å². The van der Waals surface area contributed by atoms with E-state index in [0.29, 0.717) is 12.5 Å². The van der Waals surface area contributed by atoms with Crippen molar-refractivity contribution in [1.29, 1.82) is 0 Å². The molecule has 0 heterocycles. The van der Waals surface area contributed by atoms with Gasteiger partial charge in [-0.25, -0.2) is 0 Å². The molecule has 0 spiro atoms. The third-order valence-corrected chi connectivity index (χ3v) is 3.53. The minimum absolute atomic E-state index is 0.0613. The van der Waals surface area contributed by atoms with Crippen molar-refractivity contribution in [2.24, 2.45) is 11.7 Å². The Morgan fingerprint density at radius 3 is 2.37 bits per heavy atom. The van der Waals surface area contributed by atoms with Crippen LogP contribution in [0.5, 0.6) is 0 Å². The molecule has 2 atom stereocenters. The van der Waals surface area contributed by atoms with Crippen molar-refractivity contribution in [1.82, 2.24) is 0 Å². The van der Waals surface area contributed by atoms with Gasteiger partial charge in [0.1, 0.15) is 0 Å². The second-order valence-corrected chi connectivity index (χ2v) is 5.30. The van der Waals surface area contributed by atoms with E-state index >= 15 is 0 Å². The molecule has 0 fully saturated rings. The van der Waals surface area contributed by atoms with Crippen LogP contribution in [0.15, 0.2) is 42.5 Å². The maximum Gasteiger partial charge on any atom is 0.0790 e. The summed E-state index contributed by atoms with van der Waals surface area (Å²) in [6.45, 7) is 7.02. The molecule has 0 aromatic heterocycles. The second kappa shape index (κ2) is 6.18. The monoisotopic (exact) mass is 257 g/mol. The summed E-state index contributed by atoms with van der Waals surface area (Å²) in [4.78, 5) is 0. The maximum atomic E-state index is 6.39. The molecule has 2 unspecified atom stereocenters. The molecule has 2 nitrogen and oxygen atoms in total. The third kappa shape index (κ3) is 3.14. The quantitative estimate of drug-likeness (QED) is 0.881. The van der Waals surface area contributed by atoms with Gasteiger partial charge in [0.05, 0.1) is 12.1 Å². The summed E-state index contributed by atoms with van der Waals surface area (Å²) in [6.07, 6.45) is 0.0613. The molecule has 0 saturated heterocycles. The third-order valence-electron chi connectivity index (χ3n) is 3.53. The first-order valence-corrected chi connectivity index (χ1v) is 6.99. The maximum absolute atomic E-state index is 6.39. The highest BCUT2D eigenvalue weighted by Crippen LogP contribution is 2.25. The van der Waals surface area contributed by atoms with Crippen LogP contribution in [0.4, 0.5) is 0 Å². The van der Waals surface area contributed by atoms with Crippen molar-refractivity contribution >= 4 is 10.8 Å². The molecule has 0 aliphatic rings. The number of hydrogen-bond acceptors (Lipinski definition) is 2. The highest BCUT2D eigenvalue weighted by molar-refractivity contribution is 5.83. The Hall–Kier alpha value is -1.38. The number of hydrogen-bond donors (Lipinski definition) is 1. The van der Waals surface area contributed by atoms with E-state index in [-0.39, 0.29) is 12.1 Å². The molecular formula is C17H23NO. The minimum atomic E-state index is -0.0791. The average molecular weight is 257 g/mol. The van der Waals surface area contributed by atoms with Crippen molar-refractivity contribution in [3.8, 4) is 0 Å². The van der Waals surface area contributed by atoms with Gasteiger partial charge in [0.2, 0.25) is 0 Å². The van der Waals surface area contributed by atoms with E-state index in [1.54, 1.807) is 0 Å². The first kappa shape index (κ1) is 14.0. The van der Waals surface area contributed by atoms with Gasteiger partial charge in [0.25, 0.3) is 0 Å². The predicted octanol–water partition coefficient (Wildman–Crippen LogP) is 3.90. The molecule has 2 aromatic carbocycles. The summed E-state index contributed by atoms with van der Waals surface area (Å²) in [5.74, 6) is 0.404. The molecule has 2 N–H and O–H groups in total. The van der Waals surface area contributed by atoms with Crippen molar-refractivity contribution < 1.29 is 4.74 Å². The van der Waals surface area contributed by atoms with E-state index in [1.807, 2.05) is 6.92 Å². The van der Waals surface area contributed by atoms with E-state index in [4.69, 9.17) is 10.5 Å². The number of benzene rings is 2. The van der Waals surface area contributed by atoms with Gasteiger partial charge in [-0.1, -0.05) is 50.2 Å². The fourth-order valence-electron chi connectivity index (χ4n) is 2.51. The zero-order chi connectivity index (χ0) is 13.8. The topological polar surface area (TPSA) is 35.2 Å². The molecule has 2 heteroatoms. The van der Waals surface area contributed by atoms with Crippen molar-refractivity contribution in [3.63, 3.8) is 0 Å². The normalized spacial score (nSPS) is 14.8. The summed E-state index contributed by atoms with van der Waals surface area (Å²) < 4.78 is 5.81. The number of rotatable bonds is 5. The highest BCUT2D eigenvalue weighted by Gasteiger charge is 2.23. The van der Waals surface area contributed by atoms with Crippen LogP contribution in [0.2, 0.25) is 0 Å². The van der Waals surface area contributed by atoms with Gasteiger partial charge in [0.15, 0.2) is 0 Å². The average Bonchev–Trinajstić information content (AvgIpc) is 2.43. The minimum Gasteiger partial charge on any atom is -0.376 e. The van der Waals surface area contributed by atoms with Crippen molar-refractivity contribution in [2.75, 3.05) is 6.61 Å². The largest absolute Gasteiger partial charge is 0.376 e. The Morgan fingerprint density at radius 1 is 1.05 bits per heavy atom. The highest BCUT2D eigenvalue weighted by atomic mass is 16.5. The van der Waals surface area contributed by atoms with E-state index in [1.165, 1.54) is 10.8 Å². The van der Waals surface area contributed by atoms with E-state index in [0.717, 1.165) is 5.56 Å².